The minimum atomic E-state index is -0.331. The minimum absolute atomic E-state index is 0.0103. The Morgan fingerprint density at radius 2 is 1.12 bits per heavy atom. The molecule has 0 aliphatic rings. The molecule has 0 aliphatic heterocycles. The van der Waals surface area contributed by atoms with E-state index < -0.39 is 0 Å². The van der Waals surface area contributed by atoms with Gasteiger partial charge in [-0.05, 0) is 5.56 Å². The highest BCUT2D eigenvalue weighted by atomic mass is 16.3. The molecule has 0 heterocycles. The van der Waals surface area contributed by atoms with E-state index in [4.69, 9.17) is 0 Å². The van der Waals surface area contributed by atoms with Crippen molar-refractivity contribution in [3.8, 4) is 22.6 Å². The average molecular weight is 340 g/mol. The van der Waals surface area contributed by atoms with Crippen LogP contribution in [0.5, 0.6) is 11.5 Å². The van der Waals surface area contributed by atoms with E-state index in [-0.39, 0.29) is 22.8 Å². The number of aromatic hydroxyl groups is 2. The lowest BCUT2D eigenvalue weighted by atomic mass is 9.89. The maximum absolute atomic E-state index is 13.2. The van der Waals surface area contributed by atoms with Gasteiger partial charge in [0.05, 0.1) is 5.56 Å². The van der Waals surface area contributed by atoms with E-state index in [2.05, 4.69) is 0 Å². The molecule has 0 saturated carbocycles. The van der Waals surface area contributed by atoms with E-state index in [1.54, 1.807) is 48.5 Å². The topological polar surface area (TPSA) is 57.5 Å². The van der Waals surface area contributed by atoms with Crippen molar-refractivity contribution in [1.82, 2.24) is 0 Å². The molecule has 0 atom stereocenters. The number of hydrogen-bond donors (Lipinski definition) is 2. The first-order chi connectivity index (χ1) is 12.7. The van der Waals surface area contributed by atoms with Crippen LogP contribution < -0.4 is 0 Å². The fourth-order valence-electron chi connectivity index (χ4n) is 3.24. The van der Waals surface area contributed by atoms with Crippen LogP contribution in [0, 0.1) is 0 Å². The highest BCUT2D eigenvalue weighted by Gasteiger charge is 2.25. The van der Waals surface area contributed by atoms with Gasteiger partial charge in [-0.15, -0.1) is 0 Å². The summed E-state index contributed by atoms with van der Waals surface area (Å²) in [6, 6.07) is 24.9. The number of fused-ring (bicyclic) bond motifs is 1. The number of benzene rings is 4. The number of rotatable bonds is 3. The molecule has 0 fully saturated rings. The van der Waals surface area contributed by atoms with E-state index in [9.17, 15) is 15.0 Å². The van der Waals surface area contributed by atoms with Crippen molar-refractivity contribution in [2.75, 3.05) is 0 Å². The molecule has 0 bridgehead atoms. The molecule has 0 spiro atoms. The van der Waals surface area contributed by atoms with Gasteiger partial charge in [-0.25, -0.2) is 0 Å². The quantitative estimate of drug-likeness (QED) is 0.400. The van der Waals surface area contributed by atoms with E-state index in [1.165, 1.54) is 0 Å². The largest absolute Gasteiger partial charge is 0.507 e. The summed E-state index contributed by atoms with van der Waals surface area (Å²) < 4.78 is 0. The zero-order chi connectivity index (χ0) is 18.1. The maximum atomic E-state index is 13.2. The second kappa shape index (κ2) is 6.37. The van der Waals surface area contributed by atoms with Crippen LogP contribution in [0.15, 0.2) is 84.9 Å². The van der Waals surface area contributed by atoms with Crippen LogP contribution >= 0.6 is 0 Å². The smallest absolute Gasteiger partial charge is 0.197 e. The first-order valence-corrected chi connectivity index (χ1v) is 8.30. The third kappa shape index (κ3) is 2.50. The van der Waals surface area contributed by atoms with Crippen molar-refractivity contribution >= 4 is 16.6 Å². The summed E-state index contributed by atoms with van der Waals surface area (Å²) >= 11 is 0. The molecule has 0 aliphatic carbocycles. The van der Waals surface area contributed by atoms with E-state index >= 15 is 0 Å². The first kappa shape index (κ1) is 15.9. The molecule has 0 radical (unpaired) electrons. The van der Waals surface area contributed by atoms with Gasteiger partial charge in [-0.1, -0.05) is 84.9 Å². The summed E-state index contributed by atoms with van der Waals surface area (Å²) in [5.74, 6) is -0.460. The van der Waals surface area contributed by atoms with E-state index in [0.29, 0.717) is 27.5 Å². The number of ketones is 1. The normalized spacial score (nSPS) is 10.8. The Hall–Kier alpha value is -3.59. The van der Waals surface area contributed by atoms with Crippen LogP contribution in [0.4, 0.5) is 0 Å². The second-order valence-electron chi connectivity index (χ2n) is 6.05. The number of phenols is 2. The third-order valence-electron chi connectivity index (χ3n) is 4.49. The molecule has 126 valence electrons. The molecule has 0 amide bonds. The highest BCUT2D eigenvalue weighted by Crippen LogP contribution is 2.45. The van der Waals surface area contributed by atoms with E-state index in [1.807, 2.05) is 36.4 Å². The van der Waals surface area contributed by atoms with Crippen LogP contribution in [-0.2, 0) is 0 Å². The second-order valence-corrected chi connectivity index (χ2v) is 6.05. The Kier molecular flexibility index (Phi) is 3.90. The standard InChI is InChI=1S/C23H16O3/c24-21(16-11-5-2-6-12-16)20-19(15-9-3-1-4-10-15)22(25)17-13-7-8-14-18(17)23(20)26/h1-14,25-26H. The molecule has 26 heavy (non-hydrogen) atoms. The highest BCUT2D eigenvalue weighted by molar-refractivity contribution is 6.19. The van der Waals surface area contributed by atoms with Gasteiger partial charge in [0.15, 0.2) is 5.78 Å². The van der Waals surface area contributed by atoms with Gasteiger partial charge in [-0.3, -0.25) is 4.79 Å². The summed E-state index contributed by atoms with van der Waals surface area (Å²) in [7, 11) is 0. The summed E-state index contributed by atoms with van der Waals surface area (Å²) in [6.07, 6.45) is 0. The van der Waals surface area contributed by atoms with Gasteiger partial charge < -0.3 is 10.2 Å². The molecule has 2 N–H and O–H groups in total. The Morgan fingerprint density at radius 1 is 0.615 bits per heavy atom. The molecule has 3 nitrogen and oxygen atoms in total. The fourth-order valence-corrected chi connectivity index (χ4v) is 3.24. The Morgan fingerprint density at radius 3 is 1.73 bits per heavy atom. The van der Waals surface area contributed by atoms with Gasteiger partial charge in [0, 0.05) is 21.9 Å². The number of hydrogen-bond acceptors (Lipinski definition) is 3. The van der Waals surface area contributed by atoms with Crippen molar-refractivity contribution in [2.24, 2.45) is 0 Å². The average Bonchev–Trinajstić information content (AvgIpc) is 2.71. The van der Waals surface area contributed by atoms with Crippen LogP contribution in [-0.4, -0.2) is 16.0 Å². The predicted molar refractivity (Wildman–Crippen MR) is 103 cm³/mol. The van der Waals surface area contributed by atoms with Gasteiger partial charge in [0.25, 0.3) is 0 Å². The SMILES string of the molecule is O=C(c1ccccc1)c1c(-c2ccccc2)c(O)c2ccccc2c1O. The van der Waals surface area contributed by atoms with Gasteiger partial charge in [0.1, 0.15) is 11.5 Å². The Labute approximate surface area is 150 Å². The molecule has 4 aromatic rings. The monoisotopic (exact) mass is 340 g/mol. The van der Waals surface area contributed by atoms with Crippen molar-refractivity contribution in [3.63, 3.8) is 0 Å². The van der Waals surface area contributed by atoms with Gasteiger partial charge in [-0.2, -0.15) is 0 Å². The summed E-state index contributed by atoms with van der Waals surface area (Å²) in [5.41, 5.74) is 1.58. The molecule has 4 rings (SSSR count). The number of carbonyl (C=O) groups is 1. The molecule has 3 heteroatoms. The lowest BCUT2D eigenvalue weighted by Gasteiger charge is -2.16. The van der Waals surface area contributed by atoms with Crippen LogP contribution in [0.25, 0.3) is 21.9 Å². The predicted octanol–water partition coefficient (Wildman–Crippen LogP) is 5.15. The van der Waals surface area contributed by atoms with Crippen LogP contribution in [0.2, 0.25) is 0 Å². The van der Waals surface area contributed by atoms with E-state index in [0.717, 1.165) is 0 Å². The first-order valence-electron chi connectivity index (χ1n) is 8.30. The number of carbonyl (C=O) groups excluding carboxylic acids is 1. The third-order valence-corrected chi connectivity index (χ3v) is 4.49. The minimum Gasteiger partial charge on any atom is -0.507 e. The molecular weight excluding hydrogens is 324 g/mol. The number of phenolic OH excluding ortho intramolecular Hbond substituents is 2. The zero-order valence-electron chi connectivity index (χ0n) is 13.9. The molecule has 4 aromatic carbocycles. The van der Waals surface area contributed by atoms with Crippen molar-refractivity contribution < 1.29 is 15.0 Å². The van der Waals surface area contributed by atoms with Gasteiger partial charge in [0.2, 0.25) is 0 Å². The van der Waals surface area contributed by atoms with Crippen molar-refractivity contribution in [3.05, 3.63) is 96.1 Å². The zero-order valence-corrected chi connectivity index (χ0v) is 13.9. The summed E-state index contributed by atoms with van der Waals surface area (Å²) in [6.45, 7) is 0. The molecule has 0 saturated heterocycles. The molecule has 0 aromatic heterocycles. The Balaban J connectivity index is 2.11. The van der Waals surface area contributed by atoms with Crippen molar-refractivity contribution in [2.45, 2.75) is 0 Å². The lowest BCUT2D eigenvalue weighted by Crippen LogP contribution is -2.05. The van der Waals surface area contributed by atoms with Crippen LogP contribution in [0.3, 0.4) is 0 Å². The fraction of sp³-hybridized carbons (Fsp3) is 0. The molecule has 0 unspecified atom stereocenters. The van der Waals surface area contributed by atoms with Crippen LogP contribution in [0.1, 0.15) is 15.9 Å². The van der Waals surface area contributed by atoms with Gasteiger partial charge >= 0.3 is 0 Å². The molecular formula is C23H16O3. The Bertz CT molecular complexity index is 1100. The van der Waals surface area contributed by atoms with Crippen molar-refractivity contribution in [1.29, 1.82) is 0 Å². The maximum Gasteiger partial charge on any atom is 0.197 e. The summed E-state index contributed by atoms with van der Waals surface area (Å²) in [5, 5.41) is 22.8. The summed E-state index contributed by atoms with van der Waals surface area (Å²) in [4.78, 5) is 13.2. The lowest BCUT2D eigenvalue weighted by molar-refractivity contribution is 0.103.